The Kier molecular flexibility index (Phi) is 8.35. The molecule has 0 aliphatic carbocycles. The quantitative estimate of drug-likeness (QED) is 0.392. The molecule has 3 nitrogen and oxygen atoms in total. The summed E-state index contributed by atoms with van der Waals surface area (Å²) in [5.74, 6) is -0.361. The summed E-state index contributed by atoms with van der Waals surface area (Å²) in [4.78, 5) is 11.6. The number of hydrogen-bond acceptors (Lipinski definition) is 2. The van der Waals surface area contributed by atoms with E-state index < -0.39 is 12.2 Å². The van der Waals surface area contributed by atoms with Crippen LogP contribution in [-0.4, -0.2) is 23.6 Å². The third kappa shape index (κ3) is 6.22. The molecule has 1 amide bonds. The van der Waals surface area contributed by atoms with Crippen LogP contribution in [0.4, 0.5) is 13.2 Å². The molecule has 31 heavy (non-hydrogen) atoms. The predicted octanol–water partition coefficient (Wildman–Crippen LogP) is 6.86. The highest BCUT2D eigenvalue weighted by Gasteiger charge is 2.47. The molecule has 1 fully saturated rings. The van der Waals surface area contributed by atoms with Crippen molar-refractivity contribution in [2.45, 2.75) is 83.4 Å². The molecule has 0 radical (unpaired) electrons. The highest BCUT2D eigenvalue weighted by atomic mass is 19.4. The van der Waals surface area contributed by atoms with Gasteiger partial charge in [0.1, 0.15) is 6.04 Å². The van der Waals surface area contributed by atoms with E-state index in [2.05, 4.69) is 12.3 Å². The Morgan fingerprint density at radius 2 is 1.65 bits per heavy atom. The number of halogens is 3. The van der Waals surface area contributed by atoms with Crippen molar-refractivity contribution in [2.24, 2.45) is 0 Å². The number of nitrogens with one attached hydrogen (secondary N) is 1. The Balaban J connectivity index is 1.81. The van der Waals surface area contributed by atoms with Crippen molar-refractivity contribution < 1.29 is 18.0 Å². The van der Waals surface area contributed by atoms with Crippen LogP contribution in [0.1, 0.15) is 81.9 Å². The molecule has 0 bridgehead atoms. The molecule has 2 aromatic carbocycles. The van der Waals surface area contributed by atoms with Gasteiger partial charge in [-0.05, 0) is 34.7 Å². The maximum absolute atomic E-state index is 14.2. The van der Waals surface area contributed by atoms with Crippen molar-refractivity contribution in [3.05, 3.63) is 47.5 Å². The first kappa shape index (κ1) is 23.6. The van der Waals surface area contributed by atoms with E-state index in [1.165, 1.54) is 32.1 Å². The standard InChI is InChI=1S/C25H33F3N2O/c1-2-3-4-5-6-7-8-9-14-21-20-13-11-10-12-19(20)15-16-22(21)24(25(26,27)28)30-18-17-23(31)29-30/h10-13,15-16,24H,2-9,14,17-18H2,1H3,(H,29,31)/t24-/m0/s1. The smallest absolute Gasteiger partial charge is 0.288 e. The molecule has 1 N–H and O–H groups in total. The van der Waals surface area contributed by atoms with Gasteiger partial charge in [0.2, 0.25) is 5.91 Å². The highest BCUT2D eigenvalue weighted by Crippen LogP contribution is 2.41. The minimum atomic E-state index is -4.48. The normalized spacial score (nSPS) is 16.1. The molecule has 0 saturated carbocycles. The summed E-state index contributed by atoms with van der Waals surface area (Å²) in [5.41, 5.74) is 3.43. The second kappa shape index (κ2) is 11.0. The SMILES string of the molecule is CCCCCCCCCCc1c([C@H](N2CCC(=O)N2)C(F)(F)F)ccc2ccccc12. The number of amides is 1. The molecular weight excluding hydrogens is 401 g/mol. The molecule has 0 unspecified atom stereocenters. The molecule has 0 aromatic heterocycles. The van der Waals surface area contributed by atoms with Crippen LogP contribution in [0, 0.1) is 0 Å². The lowest BCUT2D eigenvalue weighted by Crippen LogP contribution is -2.44. The van der Waals surface area contributed by atoms with Gasteiger partial charge in [-0.1, -0.05) is 88.3 Å². The maximum atomic E-state index is 14.2. The second-order valence-corrected chi connectivity index (χ2v) is 8.50. The highest BCUT2D eigenvalue weighted by molar-refractivity contribution is 5.87. The van der Waals surface area contributed by atoms with Crippen LogP contribution in [-0.2, 0) is 11.2 Å². The van der Waals surface area contributed by atoms with Gasteiger partial charge in [-0.2, -0.15) is 13.2 Å². The van der Waals surface area contributed by atoms with Crippen molar-refractivity contribution in [1.82, 2.24) is 10.4 Å². The van der Waals surface area contributed by atoms with Crippen LogP contribution >= 0.6 is 0 Å². The molecule has 1 atom stereocenters. The summed E-state index contributed by atoms with van der Waals surface area (Å²) in [6, 6.07) is 9.18. The molecule has 2 aromatic rings. The molecule has 170 valence electrons. The van der Waals surface area contributed by atoms with Crippen molar-refractivity contribution in [1.29, 1.82) is 0 Å². The Morgan fingerprint density at radius 1 is 0.968 bits per heavy atom. The van der Waals surface area contributed by atoms with E-state index in [0.717, 1.165) is 40.6 Å². The molecule has 0 spiro atoms. The van der Waals surface area contributed by atoms with Gasteiger partial charge in [-0.15, -0.1) is 0 Å². The average Bonchev–Trinajstić information content (AvgIpc) is 3.15. The van der Waals surface area contributed by atoms with E-state index in [4.69, 9.17) is 0 Å². The van der Waals surface area contributed by atoms with Crippen LogP contribution in [0.5, 0.6) is 0 Å². The second-order valence-electron chi connectivity index (χ2n) is 8.50. The van der Waals surface area contributed by atoms with Crippen LogP contribution in [0.15, 0.2) is 36.4 Å². The molecule has 1 aliphatic rings. The van der Waals surface area contributed by atoms with E-state index in [1.54, 1.807) is 12.1 Å². The minimum absolute atomic E-state index is 0.0625. The fourth-order valence-corrected chi connectivity index (χ4v) is 4.53. The molecule has 6 heteroatoms. The largest absolute Gasteiger partial charge is 0.409 e. The van der Waals surface area contributed by atoms with Gasteiger partial charge in [0, 0.05) is 13.0 Å². The Labute approximate surface area is 183 Å². The monoisotopic (exact) mass is 434 g/mol. The number of fused-ring (bicyclic) bond motifs is 1. The zero-order valence-corrected chi connectivity index (χ0v) is 18.3. The van der Waals surface area contributed by atoms with Crippen LogP contribution in [0.3, 0.4) is 0 Å². The van der Waals surface area contributed by atoms with Gasteiger partial charge in [-0.25, -0.2) is 5.01 Å². The zero-order chi connectivity index (χ0) is 22.3. The number of carbonyl (C=O) groups is 1. The Hall–Kier alpha value is -2.08. The number of aryl methyl sites for hydroxylation is 1. The summed E-state index contributed by atoms with van der Waals surface area (Å²) >= 11 is 0. The fraction of sp³-hybridized carbons (Fsp3) is 0.560. The minimum Gasteiger partial charge on any atom is -0.288 e. The number of alkyl halides is 3. The molecule has 1 aliphatic heterocycles. The Morgan fingerprint density at radius 3 is 2.29 bits per heavy atom. The van der Waals surface area contributed by atoms with Gasteiger partial charge in [0.05, 0.1) is 0 Å². The zero-order valence-electron chi connectivity index (χ0n) is 18.3. The lowest BCUT2D eigenvalue weighted by Gasteiger charge is -2.31. The first-order chi connectivity index (χ1) is 14.9. The van der Waals surface area contributed by atoms with E-state index in [9.17, 15) is 18.0 Å². The first-order valence-corrected chi connectivity index (χ1v) is 11.5. The van der Waals surface area contributed by atoms with Crippen LogP contribution < -0.4 is 5.43 Å². The first-order valence-electron chi connectivity index (χ1n) is 11.5. The van der Waals surface area contributed by atoms with E-state index in [1.807, 2.05) is 24.3 Å². The van der Waals surface area contributed by atoms with Crippen LogP contribution in [0.2, 0.25) is 0 Å². The molecule has 1 saturated heterocycles. The summed E-state index contributed by atoms with van der Waals surface area (Å²) in [5, 5.41) is 2.89. The number of unbranched alkanes of at least 4 members (excludes halogenated alkanes) is 7. The lowest BCUT2D eigenvalue weighted by molar-refractivity contribution is -0.191. The van der Waals surface area contributed by atoms with Crippen molar-refractivity contribution in [2.75, 3.05) is 6.54 Å². The van der Waals surface area contributed by atoms with E-state index in [-0.39, 0.29) is 24.4 Å². The summed E-state index contributed by atoms with van der Waals surface area (Å²) in [7, 11) is 0. The van der Waals surface area contributed by atoms with Gasteiger partial charge >= 0.3 is 6.18 Å². The molecule has 1 heterocycles. The van der Waals surface area contributed by atoms with E-state index in [0.29, 0.717) is 6.42 Å². The van der Waals surface area contributed by atoms with Gasteiger partial charge in [-0.3, -0.25) is 10.2 Å². The Bertz CT molecular complexity index is 865. The number of nitrogens with zero attached hydrogens (tertiary/aromatic N) is 1. The third-order valence-electron chi connectivity index (χ3n) is 6.12. The number of benzene rings is 2. The van der Waals surface area contributed by atoms with Crippen LogP contribution in [0.25, 0.3) is 10.8 Å². The lowest BCUT2D eigenvalue weighted by atomic mass is 9.90. The van der Waals surface area contributed by atoms with E-state index >= 15 is 0 Å². The molecule has 3 rings (SSSR count). The third-order valence-corrected chi connectivity index (χ3v) is 6.12. The fourth-order valence-electron chi connectivity index (χ4n) is 4.53. The summed E-state index contributed by atoms with van der Waals surface area (Å²) in [6.07, 6.45) is 5.41. The van der Waals surface area contributed by atoms with Crippen molar-refractivity contribution in [3.8, 4) is 0 Å². The number of carbonyl (C=O) groups excluding carboxylic acids is 1. The molecular formula is C25H33F3N2O. The number of rotatable bonds is 11. The van der Waals surface area contributed by atoms with Gasteiger partial charge in [0.25, 0.3) is 0 Å². The topological polar surface area (TPSA) is 32.3 Å². The number of hydrogen-bond donors (Lipinski definition) is 1. The summed E-state index contributed by atoms with van der Waals surface area (Å²) in [6.45, 7) is 2.26. The van der Waals surface area contributed by atoms with Crippen molar-refractivity contribution >= 4 is 16.7 Å². The van der Waals surface area contributed by atoms with Gasteiger partial charge < -0.3 is 0 Å². The van der Waals surface area contributed by atoms with Gasteiger partial charge in [0.15, 0.2) is 0 Å². The predicted molar refractivity (Wildman–Crippen MR) is 119 cm³/mol. The number of hydrazine groups is 1. The summed E-state index contributed by atoms with van der Waals surface area (Å²) < 4.78 is 42.5. The van der Waals surface area contributed by atoms with Crippen molar-refractivity contribution in [3.63, 3.8) is 0 Å². The average molecular weight is 435 g/mol. The maximum Gasteiger partial charge on any atom is 0.409 e.